The molecule has 0 spiro atoms. The molecule has 1 heterocycles. The molecule has 0 bridgehead atoms. The minimum atomic E-state index is 0.458. The summed E-state index contributed by atoms with van der Waals surface area (Å²) >= 11 is 3.40. The lowest BCUT2D eigenvalue weighted by Crippen LogP contribution is -2.22. The van der Waals surface area contributed by atoms with E-state index in [1.165, 1.54) is 0 Å². The Morgan fingerprint density at radius 1 is 1.10 bits per heavy atom. The number of benzene rings is 1. The molecular formula is C16H19BrN2O. The predicted octanol–water partition coefficient (Wildman–Crippen LogP) is 3.92. The quantitative estimate of drug-likeness (QED) is 0.869. The van der Waals surface area contributed by atoms with Crippen LogP contribution in [0.5, 0.6) is 5.75 Å². The van der Waals surface area contributed by atoms with Gasteiger partial charge >= 0.3 is 0 Å². The van der Waals surface area contributed by atoms with Crippen molar-refractivity contribution >= 4 is 15.9 Å². The molecule has 0 saturated carbocycles. The van der Waals surface area contributed by atoms with E-state index < -0.39 is 0 Å². The highest BCUT2D eigenvalue weighted by Gasteiger charge is 2.01. The molecule has 1 aromatic carbocycles. The van der Waals surface area contributed by atoms with E-state index in [0.29, 0.717) is 12.6 Å². The number of rotatable bonds is 6. The molecule has 2 rings (SSSR count). The Bertz CT molecular complexity index is 540. The van der Waals surface area contributed by atoms with E-state index in [9.17, 15) is 0 Å². The third kappa shape index (κ3) is 4.94. The molecular weight excluding hydrogens is 316 g/mol. The number of hydrogen-bond donors (Lipinski definition) is 1. The molecule has 0 radical (unpaired) electrons. The molecule has 4 heteroatoms. The molecule has 0 fully saturated rings. The SMILES string of the molecule is CC(C)NCc1cccc(COc2ccc(Br)cc2)n1. The fourth-order valence-corrected chi connectivity index (χ4v) is 1.97. The van der Waals surface area contributed by atoms with Crippen molar-refractivity contribution < 1.29 is 4.74 Å². The summed E-state index contributed by atoms with van der Waals surface area (Å²) in [5.41, 5.74) is 1.98. The average molecular weight is 335 g/mol. The van der Waals surface area contributed by atoms with Gasteiger partial charge in [0.15, 0.2) is 0 Å². The lowest BCUT2D eigenvalue weighted by atomic mass is 10.3. The van der Waals surface area contributed by atoms with Crippen molar-refractivity contribution in [3.05, 3.63) is 58.3 Å². The van der Waals surface area contributed by atoms with Gasteiger partial charge in [0.25, 0.3) is 0 Å². The zero-order valence-corrected chi connectivity index (χ0v) is 13.4. The summed E-state index contributed by atoms with van der Waals surface area (Å²) in [5, 5.41) is 3.36. The first-order chi connectivity index (χ1) is 9.63. The van der Waals surface area contributed by atoms with Gasteiger partial charge in [-0.15, -0.1) is 0 Å². The van der Waals surface area contributed by atoms with Crippen molar-refractivity contribution in [1.82, 2.24) is 10.3 Å². The molecule has 106 valence electrons. The summed E-state index contributed by atoms with van der Waals surface area (Å²) in [6, 6.07) is 14.3. The molecule has 3 nitrogen and oxygen atoms in total. The number of pyridine rings is 1. The monoisotopic (exact) mass is 334 g/mol. The minimum Gasteiger partial charge on any atom is -0.487 e. The number of hydrogen-bond acceptors (Lipinski definition) is 3. The summed E-state index contributed by atoms with van der Waals surface area (Å²) in [6.45, 7) is 5.52. The maximum absolute atomic E-state index is 5.72. The Hall–Kier alpha value is -1.39. The van der Waals surface area contributed by atoms with Crippen molar-refractivity contribution in [3.63, 3.8) is 0 Å². The van der Waals surface area contributed by atoms with E-state index in [2.05, 4.69) is 40.1 Å². The minimum absolute atomic E-state index is 0.458. The Balaban J connectivity index is 1.92. The lowest BCUT2D eigenvalue weighted by Gasteiger charge is -2.09. The van der Waals surface area contributed by atoms with Crippen LogP contribution in [-0.2, 0) is 13.2 Å². The van der Waals surface area contributed by atoms with Crippen molar-refractivity contribution in [2.75, 3.05) is 0 Å². The highest BCUT2D eigenvalue weighted by molar-refractivity contribution is 9.10. The van der Waals surface area contributed by atoms with E-state index in [1.807, 2.05) is 42.5 Å². The van der Waals surface area contributed by atoms with E-state index >= 15 is 0 Å². The van der Waals surface area contributed by atoms with Crippen LogP contribution in [0.25, 0.3) is 0 Å². The van der Waals surface area contributed by atoms with Crippen LogP contribution >= 0.6 is 15.9 Å². The Morgan fingerprint density at radius 2 is 1.80 bits per heavy atom. The second-order valence-electron chi connectivity index (χ2n) is 4.90. The normalized spacial score (nSPS) is 10.8. The van der Waals surface area contributed by atoms with Crippen LogP contribution in [0.4, 0.5) is 0 Å². The summed E-state index contributed by atoms with van der Waals surface area (Å²) in [7, 11) is 0. The maximum atomic E-state index is 5.72. The Morgan fingerprint density at radius 3 is 2.50 bits per heavy atom. The second kappa shape index (κ2) is 7.41. The number of nitrogens with zero attached hydrogens (tertiary/aromatic N) is 1. The van der Waals surface area contributed by atoms with Crippen molar-refractivity contribution in [1.29, 1.82) is 0 Å². The number of ether oxygens (including phenoxy) is 1. The van der Waals surface area contributed by atoms with Gasteiger partial charge in [0.2, 0.25) is 0 Å². The van der Waals surface area contributed by atoms with Crippen LogP contribution in [0.15, 0.2) is 46.9 Å². The predicted molar refractivity (Wildman–Crippen MR) is 84.7 cm³/mol. The van der Waals surface area contributed by atoms with Gasteiger partial charge in [0.05, 0.1) is 11.4 Å². The van der Waals surface area contributed by atoms with Gasteiger partial charge in [-0.2, -0.15) is 0 Å². The Labute approximate surface area is 128 Å². The van der Waals surface area contributed by atoms with E-state index in [-0.39, 0.29) is 0 Å². The van der Waals surface area contributed by atoms with Crippen molar-refractivity contribution in [2.24, 2.45) is 0 Å². The van der Waals surface area contributed by atoms with Crippen LogP contribution in [0, 0.1) is 0 Å². The van der Waals surface area contributed by atoms with Gasteiger partial charge in [-0.25, -0.2) is 0 Å². The first-order valence-corrected chi connectivity index (χ1v) is 7.49. The first kappa shape index (κ1) is 15.0. The molecule has 0 amide bonds. The summed E-state index contributed by atoms with van der Waals surface area (Å²) in [6.07, 6.45) is 0. The Kier molecular flexibility index (Phi) is 5.56. The summed E-state index contributed by atoms with van der Waals surface area (Å²) in [4.78, 5) is 4.58. The zero-order valence-electron chi connectivity index (χ0n) is 11.8. The van der Waals surface area contributed by atoms with Crippen LogP contribution < -0.4 is 10.1 Å². The molecule has 0 aliphatic rings. The van der Waals surface area contributed by atoms with Crippen LogP contribution in [0.2, 0.25) is 0 Å². The van der Waals surface area contributed by atoms with E-state index in [4.69, 9.17) is 4.74 Å². The smallest absolute Gasteiger partial charge is 0.130 e. The molecule has 0 atom stereocenters. The summed E-state index contributed by atoms with van der Waals surface area (Å²) in [5.74, 6) is 0.848. The molecule has 0 aliphatic carbocycles. The van der Waals surface area contributed by atoms with Gasteiger partial charge in [-0.1, -0.05) is 35.8 Å². The zero-order chi connectivity index (χ0) is 14.4. The highest BCUT2D eigenvalue weighted by atomic mass is 79.9. The van der Waals surface area contributed by atoms with Crippen LogP contribution in [-0.4, -0.2) is 11.0 Å². The van der Waals surface area contributed by atoms with Gasteiger partial charge in [0.1, 0.15) is 12.4 Å². The fraction of sp³-hybridized carbons (Fsp3) is 0.312. The van der Waals surface area contributed by atoms with E-state index in [0.717, 1.165) is 28.2 Å². The van der Waals surface area contributed by atoms with Gasteiger partial charge in [-0.3, -0.25) is 4.98 Å². The maximum Gasteiger partial charge on any atom is 0.130 e. The molecule has 1 N–H and O–H groups in total. The molecule has 0 saturated heterocycles. The average Bonchev–Trinajstić information content (AvgIpc) is 2.45. The molecule has 0 unspecified atom stereocenters. The standard InChI is InChI=1S/C16H19BrN2O/c1-12(2)18-10-14-4-3-5-15(19-14)11-20-16-8-6-13(17)7-9-16/h3-9,12,18H,10-11H2,1-2H3. The lowest BCUT2D eigenvalue weighted by molar-refractivity contribution is 0.301. The molecule has 0 aliphatic heterocycles. The third-order valence-corrected chi connectivity index (χ3v) is 3.28. The largest absolute Gasteiger partial charge is 0.487 e. The van der Waals surface area contributed by atoms with Crippen molar-refractivity contribution in [2.45, 2.75) is 33.0 Å². The van der Waals surface area contributed by atoms with Gasteiger partial charge in [-0.05, 0) is 36.4 Å². The number of halogens is 1. The molecule has 1 aromatic heterocycles. The van der Waals surface area contributed by atoms with Crippen LogP contribution in [0.3, 0.4) is 0 Å². The highest BCUT2D eigenvalue weighted by Crippen LogP contribution is 2.17. The third-order valence-electron chi connectivity index (χ3n) is 2.76. The van der Waals surface area contributed by atoms with Crippen molar-refractivity contribution in [3.8, 4) is 5.75 Å². The number of nitrogens with one attached hydrogen (secondary N) is 1. The fourth-order valence-electron chi connectivity index (χ4n) is 1.70. The summed E-state index contributed by atoms with van der Waals surface area (Å²) < 4.78 is 6.77. The van der Waals surface area contributed by atoms with Gasteiger partial charge in [0, 0.05) is 17.1 Å². The van der Waals surface area contributed by atoms with Crippen LogP contribution in [0.1, 0.15) is 25.2 Å². The van der Waals surface area contributed by atoms with E-state index in [1.54, 1.807) is 0 Å². The second-order valence-corrected chi connectivity index (χ2v) is 5.81. The molecule has 20 heavy (non-hydrogen) atoms. The molecule has 2 aromatic rings. The number of aromatic nitrogens is 1. The topological polar surface area (TPSA) is 34.1 Å². The first-order valence-electron chi connectivity index (χ1n) is 6.70. The van der Waals surface area contributed by atoms with Gasteiger partial charge < -0.3 is 10.1 Å².